The lowest BCUT2D eigenvalue weighted by Crippen LogP contribution is -2.46. The van der Waals surface area contributed by atoms with E-state index in [1.165, 1.54) is 0 Å². The fourth-order valence-corrected chi connectivity index (χ4v) is 1.82. The van der Waals surface area contributed by atoms with Crippen molar-refractivity contribution >= 4 is 5.78 Å². The summed E-state index contributed by atoms with van der Waals surface area (Å²) in [7, 11) is 3.96. The molecule has 0 rings (SSSR count). The summed E-state index contributed by atoms with van der Waals surface area (Å²) in [6.45, 7) is 10.0. The Morgan fingerprint density at radius 2 is 1.80 bits per heavy atom. The van der Waals surface area contributed by atoms with Crippen molar-refractivity contribution in [2.45, 2.75) is 33.7 Å². The Morgan fingerprint density at radius 3 is 2.13 bits per heavy atom. The van der Waals surface area contributed by atoms with E-state index in [2.05, 4.69) is 24.1 Å². The maximum Gasteiger partial charge on any atom is 0.152 e. The van der Waals surface area contributed by atoms with Crippen molar-refractivity contribution in [2.75, 3.05) is 27.2 Å². The number of carbonyl (C=O) groups excluding carboxylic acids is 1. The van der Waals surface area contributed by atoms with Crippen LogP contribution in [0.2, 0.25) is 0 Å². The first-order valence-corrected chi connectivity index (χ1v) is 5.80. The Balaban J connectivity index is 4.44. The van der Waals surface area contributed by atoms with Gasteiger partial charge in [-0.3, -0.25) is 9.69 Å². The van der Waals surface area contributed by atoms with Crippen LogP contribution in [0.5, 0.6) is 0 Å². The van der Waals surface area contributed by atoms with E-state index in [9.17, 15) is 4.79 Å². The highest BCUT2D eigenvalue weighted by molar-refractivity contribution is 5.85. The Hall–Kier alpha value is -0.410. The fraction of sp³-hybridized carbons (Fsp3) is 0.917. The van der Waals surface area contributed by atoms with Crippen LogP contribution < -0.4 is 5.32 Å². The molecule has 0 heterocycles. The van der Waals surface area contributed by atoms with Gasteiger partial charge in [-0.05, 0) is 20.0 Å². The third kappa shape index (κ3) is 4.76. The lowest BCUT2D eigenvalue weighted by Gasteiger charge is -2.31. The van der Waals surface area contributed by atoms with E-state index in [1.54, 1.807) is 0 Å². The molecule has 0 saturated carbocycles. The zero-order chi connectivity index (χ0) is 12.0. The van der Waals surface area contributed by atoms with Gasteiger partial charge in [-0.1, -0.05) is 27.7 Å². The van der Waals surface area contributed by atoms with Crippen molar-refractivity contribution < 1.29 is 4.79 Å². The Morgan fingerprint density at radius 1 is 1.27 bits per heavy atom. The molecule has 0 bridgehead atoms. The van der Waals surface area contributed by atoms with Gasteiger partial charge in [0.2, 0.25) is 0 Å². The largest absolute Gasteiger partial charge is 0.318 e. The molecule has 15 heavy (non-hydrogen) atoms. The van der Waals surface area contributed by atoms with Crippen LogP contribution in [0.1, 0.15) is 27.7 Å². The molecule has 1 unspecified atom stereocenters. The number of carbonyl (C=O) groups is 1. The molecule has 0 saturated heterocycles. The third-order valence-corrected chi connectivity index (χ3v) is 2.68. The molecule has 90 valence electrons. The molecular weight excluding hydrogens is 188 g/mol. The maximum absolute atomic E-state index is 12.0. The highest BCUT2D eigenvalue weighted by atomic mass is 16.1. The van der Waals surface area contributed by atoms with E-state index >= 15 is 0 Å². The van der Waals surface area contributed by atoms with Crippen molar-refractivity contribution in [3.63, 3.8) is 0 Å². The molecule has 1 N–H and O–H groups in total. The second kappa shape index (κ2) is 6.96. The summed E-state index contributed by atoms with van der Waals surface area (Å²) in [4.78, 5) is 14.2. The second-order valence-electron chi connectivity index (χ2n) is 4.83. The van der Waals surface area contributed by atoms with Gasteiger partial charge in [0.05, 0.1) is 6.04 Å². The quantitative estimate of drug-likeness (QED) is 0.695. The highest BCUT2D eigenvalue weighted by Crippen LogP contribution is 2.14. The van der Waals surface area contributed by atoms with Crippen LogP contribution in [0.15, 0.2) is 0 Å². The summed E-state index contributed by atoms with van der Waals surface area (Å²) in [5.41, 5.74) is 0. The van der Waals surface area contributed by atoms with Crippen LogP contribution in [-0.2, 0) is 4.79 Å². The average molecular weight is 214 g/mol. The molecule has 0 amide bonds. The Bertz CT molecular complexity index is 190. The van der Waals surface area contributed by atoms with Crippen molar-refractivity contribution in [1.82, 2.24) is 10.2 Å². The average Bonchev–Trinajstić information content (AvgIpc) is 2.14. The Kier molecular flexibility index (Phi) is 6.77. The van der Waals surface area contributed by atoms with Crippen LogP contribution in [-0.4, -0.2) is 43.9 Å². The molecule has 3 heteroatoms. The zero-order valence-electron chi connectivity index (χ0n) is 11.0. The predicted octanol–water partition coefficient (Wildman–Crippen LogP) is 1.39. The normalized spacial score (nSPS) is 13.9. The van der Waals surface area contributed by atoms with Gasteiger partial charge in [0.15, 0.2) is 5.78 Å². The van der Waals surface area contributed by atoms with Gasteiger partial charge < -0.3 is 5.32 Å². The highest BCUT2D eigenvalue weighted by Gasteiger charge is 2.27. The molecule has 0 aromatic rings. The molecule has 0 aromatic carbocycles. The summed E-state index contributed by atoms with van der Waals surface area (Å²) in [5, 5.41) is 3.11. The van der Waals surface area contributed by atoms with Crippen LogP contribution in [0, 0.1) is 11.8 Å². The van der Waals surface area contributed by atoms with Gasteiger partial charge in [-0.15, -0.1) is 0 Å². The van der Waals surface area contributed by atoms with Crippen LogP contribution in [0.25, 0.3) is 0 Å². The monoisotopic (exact) mass is 214 g/mol. The van der Waals surface area contributed by atoms with Crippen molar-refractivity contribution in [1.29, 1.82) is 0 Å². The minimum Gasteiger partial charge on any atom is -0.318 e. The molecule has 0 aromatic heterocycles. The number of likely N-dealkylation sites (N-methyl/N-ethyl adjacent to an activating group) is 2. The van der Waals surface area contributed by atoms with Gasteiger partial charge in [0, 0.05) is 19.0 Å². The molecule has 1 atom stereocenters. The van der Waals surface area contributed by atoms with E-state index < -0.39 is 0 Å². The van der Waals surface area contributed by atoms with E-state index in [-0.39, 0.29) is 12.0 Å². The maximum atomic E-state index is 12.0. The van der Waals surface area contributed by atoms with Crippen molar-refractivity contribution in [3.05, 3.63) is 0 Å². The smallest absolute Gasteiger partial charge is 0.152 e. The van der Waals surface area contributed by atoms with Crippen molar-refractivity contribution in [3.8, 4) is 0 Å². The number of rotatable bonds is 7. The lowest BCUT2D eigenvalue weighted by atomic mass is 9.92. The lowest BCUT2D eigenvalue weighted by molar-refractivity contribution is -0.128. The standard InChI is InChI=1S/C12H26N2O/c1-9(2)11(12(15)10(3)4)14(6)8-7-13-5/h9-11,13H,7-8H2,1-6H3. The number of hydrogen-bond acceptors (Lipinski definition) is 3. The van der Waals surface area contributed by atoms with E-state index in [1.807, 2.05) is 27.9 Å². The molecule has 0 aliphatic rings. The van der Waals surface area contributed by atoms with Gasteiger partial charge in [-0.25, -0.2) is 0 Å². The van der Waals surface area contributed by atoms with Gasteiger partial charge in [0.1, 0.15) is 0 Å². The van der Waals surface area contributed by atoms with Crippen LogP contribution >= 0.6 is 0 Å². The molecule has 0 spiro atoms. The molecule has 3 nitrogen and oxygen atoms in total. The van der Waals surface area contributed by atoms with Gasteiger partial charge in [-0.2, -0.15) is 0 Å². The first kappa shape index (κ1) is 14.6. The molecule has 0 aliphatic heterocycles. The summed E-state index contributed by atoms with van der Waals surface area (Å²) in [5.74, 6) is 0.847. The first-order chi connectivity index (χ1) is 6.91. The topological polar surface area (TPSA) is 32.3 Å². The summed E-state index contributed by atoms with van der Waals surface area (Å²) < 4.78 is 0. The summed E-state index contributed by atoms with van der Waals surface area (Å²) in [6.07, 6.45) is 0. The fourth-order valence-electron chi connectivity index (χ4n) is 1.82. The number of hydrogen-bond donors (Lipinski definition) is 1. The predicted molar refractivity (Wildman–Crippen MR) is 65.0 cm³/mol. The molecule has 0 radical (unpaired) electrons. The third-order valence-electron chi connectivity index (χ3n) is 2.68. The second-order valence-corrected chi connectivity index (χ2v) is 4.83. The van der Waals surface area contributed by atoms with Crippen LogP contribution in [0.4, 0.5) is 0 Å². The molecular formula is C12H26N2O. The minimum absolute atomic E-state index is 0.0540. The van der Waals surface area contributed by atoms with Crippen molar-refractivity contribution in [2.24, 2.45) is 11.8 Å². The number of nitrogens with zero attached hydrogens (tertiary/aromatic N) is 1. The SMILES string of the molecule is CNCCN(C)C(C(=O)C(C)C)C(C)C. The Labute approximate surface area is 94.2 Å². The first-order valence-electron chi connectivity index (χ1n) is 5.80. The minimum atomic E-state index is 0.0540. The molecule has 0 aliphatic carbocycles. The van der Waals surface area contributed by atoms with E-state index in [0.717, 1.165) is 13.1 Å². The summed E-state index contributed by atoms with van der Waals surface area (Å²) in [6, 6.07) is 0.0540. The van der Waals surface area contributed by atoms with Gasteiger partial charge >= 0.3 is 0 Å². The van der Waals surface area contributed by atoms with Crippen LogP contribution in [0.3, 0.4) is 0 Å². The van der Waals surface area contributed by atoms with E-state index in [4.69, 9.17) is 0 Å². The van der Waals surface area contributed by atoms with Gasteiger partial charge in [0.25, 0.3) is 0 Å². The zero-order valence-corrected chi connectivity index (χ0v) is 11.0. The number of nitrogens with one attached hydrogen (secondary N) is 1. The molecule has 0 fully saturated rings. The number of ketones is 1. The van der Waals surface area contributed by atoms with E-state index in [0.29, 0.717) is 11.7 Å². The number of Topliss-reactive ketones (excluding diaryl/α,β-unsaturated/α-hetero) is 1. The summed E-state index contributed by atoms with van der Waals surface area (Å²) >= 11 is 0.